The number of rotatable bonds is 5. The third-order valence-electron chi connectivity index (χ3n) is 4.90. The molecule has 2 aromatic rings. The number of piperazine rings is 1. The van der Waals surface area contributed by atoms with Crippen molar-refractivity contribution >= 4 is 23.6 Å². The number of nitro groups is 1. The summed E-state index contributed by atoms with van der Waals surface area (Å²) < 4.78 is 5.21. The highest BCUT2D eigenvalue weighted by atomic mass is 16.6. The Hall–Kier alpha value is -3.68. The molecule has 0 aromatic heterocycles. The number of amides is 2. The Kier molecular flexibility index (Phi) is 5.36. The number of carbonyl (C=O) groups excluding carboxylic acids is 2. The zero-order valence-electron chi connectivity index (χ0n) is 16.3. The molecule has 8 heteroatoms. The average molecular weight is 395 g/mol. The highest BCUT2D eigenvalue weighted by molar-refractivity contribution is 6.09. The Bertz CT molecular complexity index is 1000. The highest BCUT2D eigenvalue weighted by Crippen LogP contribution is 2.32. The van der Waals surface area contributed by atoms with E-state index in [-0.39, 0.29) is 28.6 Å². The van der Waals surface area contributed by atoms with Gasteiger partial charge in [-0.05, 0) is 24.6 Å². The Morgan fingerprint density at radius 2 is 1.86 bits per heavy atom. The van der Waals surface area contributed by atoms with Crippen LogP contribution in [0, 0.1) is 10.1 Å². The number of benzene rings is 2. The van der Waals surface area contributed by atoms with Crippen molar-refractivity contribution in [1.29, 1.82) is 0 Å². The van der Waals surface area contributed by atoms with E-state index in [1.54, 1.807) is 13.0 Å². The van der Waals surface area contributed by atoms with Crippen LogP contribution in [0.25, 0.3) is 6.08 Å². The standard InChI is InChI=1S/C21H21N3O5/c1-21(13-14-8-5-4-6-9-14)20(26)23(2)17(19(25)22-21)12-15-16(24(27)28)10-7-11-18(15)29-3/h4-12H,13H2,1-3H3,(H,22,25)/b17-12+. The minimum Gasteiger partial charge on any atom is -0.496 e. The summed E-state index contributed by atoms with van der Waals surface area (Å²) in [7, 11) is 2.87. The molecule has 1 atom stereocenters. The molecule has 0 bridgehead atoms. The Morgan fingerprint density at radius 3 is 2.48 bits per heavy atom. The molecular formula is C21H21N3O5. The van der Waals surface area contributed by atoms with Gasteiger partial charge in [0.2, 0.25) is 0 Å². The van der Waals surface area contributed by atoms with E-state index >= 15 is 0 Å². The average Bonchev–Trinajstić information content (AvgIpc) is 2.70. The number of ether oxygens (including phenoxy) is 1. The first-order valence-corrected chi connectivity index (χ1v) is 8.94. The Morgan fingerprint density at radius 1 is 1.17 bits per heavy atom. The monoisotopic (exact) mass is 395 g/mol. The summed E-state index contributed by atoms with van der Waals surface area (Å²) in [5.41, 5.74) is -0.311. The summed E-state index contributed by atoms with van der Waals surface area (Å²) in [4.78, 5) is 38.0. The summed E-state index contributed by atoms with van der Waals surface area (Å²) >= 11 is 0. The normalized spacial score (nSPS) is 20.5. The summed E-state index contributed by atoms with van der Waals surface area (Å²) in [5.74, 6) is -0.576. The second-order valence-corrected chi connectivity index (χ2v) is 6.99. The number of nitrogens with zero attached hydrogens (tertiary/aromatic N) is 2. The van der Waals surface area contributed by atoms with Gasteiger partial charge in [-0.15, -0.1) is 0 Å². The molecule has 1 aliphatic rings. The van der Waals surface area contributed by atoms with Gasteiger partial charge in [-0.3, -0.25) is 19.7 Å². The van der Waals surface area contributed by atoms with Gasteiger partial charge < -0.3 is 15.0 Å². The minimum absolute atomic E-state index is 0.00753. The number of nitrogens with one attached hydrogen (secondary N) is 1. The molecule has 150 valence electrons. The lowest BCUT2D eigenvalue weighted by Gasteiger charge is -2.39. The van der Waals surface area contributed by atoms with E-state index in [2.05, 4.69) is 5.32 Å². The van der Waals surface area contributed by atoms with Gasteiger partial charge in [0.15, 0.2) is 0 Å². The van der Waals surface area contributed by atoms with Gasteiger partial charge >= 0.3 is 0 Å². The van der Waals surface area contributed by atoms with Crippen LogP contribution in [0.3, 0.4) is 0 Å². The molecule has 0 aliphatic carbocycles. The predicted octanol–water partition coefficient (Wildman–Crippen LogP) is 2.53. The maximum atomic E-state index is 13.1. The van der Waals surface area contributed by atoms with Crippen molar-refractivity contribution in [3.05, 3.63) is 75.5 Å². The molecule has 0 spiro atoms. The maximum Gasteiger partial charge on any atom is 0.280 e. The van der Waals surface area contributed by atoms with Crippen molar-refractivity contribution in [2.45, 2.75) is 18.9 Å². The minimum atomic E-state index is -1.13. The van der Waals surface area contributed by atoms with Crippen molar-refractivity contribution in [3.8, 4) is 5.75 Å². The number of nitro benzene ring substituents is 1. The fourth-order valence-corrected chi connectivity index (χ4v) is 3.44. The molecule has 0 radical (unpaired) electrons. The van der Waals surface area contributed by atoms with Crippen LogP contribution in [0.4, 0.5) is 5.69 Å². The smallest absolute Gasteiger partial charge is 0.280 e. The fraction of sp³-hybridized carbons (Fsp3) is 0.238. The van der Waals surface area contributed by atoms with E-state index in [1.165, 1.54) is 37.3 Å². The molecule has 2 aromatic carbocycles. The number of carbonyl (C=O) groups is 2. The van der Waals surface area contributed by atoms with Crippen molar-refractivity contribution < 1.29 is 19.2 Å². The van der Waals surface area contributed by atoms with Crippen LogP contribution in [-0.2, 0) is 16.0 Å². The quantitative estimate of drug-likeness (QED) is 0.476. The van der Waals surface area contributed by atoms with Crippen LogP contribution in [-0.4, -0.2) is 41.3 Å². The molecule has 29 heavy (non-hydrogen) atoms. The molecule has 1 aliphatic heterocycles. The van der Waals surface area contributed by atoms with Gasteiger partial charge in [-0.2, -0.15) is 0 Å². The van der Waals surface area contributed by atoms with E-state index in [9.17, 15) is 19.7 Å². The molecule has 1 heterocycles. The largest absolute Gasteiger partial charge is 0.496 e. The van der Waals surface area contributed by atoms with Crippen LogP contribution in [0.15, 0.2) is 54.2 Å². The summed E-state index contributed by atoms with van der Waals surface area (Å²) in [6, 6.07) is 13.7. The van der Waals surface area contributed by atoms with Crippen LogP contribution in [0.2, 0.25) is 0 Å². The summed E-state index contributed by atoms with van der Waals surface area (Å²) in [5, 5.41) is 14.2. The third-order valence-corrected chi connectivity index (χ3v) is 4.90. The van der Waals surface area contributed by atoms with Crippen molar-refractivity contribution in [2.24, 2.45) is 0 Å². The number of hydrogen-bond acceptors (Lipinski definition) is 5. The molecule has 8 nitrogen and oxygen atoms in total. The van der Waals surface area contributed by atoms with E-state index in [4.69, 9.17) is 4.74 Å². The fourth-order valence-electron chi connectivity index (χ4n) is 3.44. The second-order valence-electron chi connectivity index (χ2n) is 6.99. The van der Waals surface area contributed by atoms with Crippen LogP contribution in [0.1, 0.15) is 18.1 Å². The van der Waals surface area contributed by atoms with Crippen molar-refractivity contribution in [3.63, 3.8) is 0 Å². The Labute approximate surface area is 167 Å². The van der Waals surface area contributed by atoms with Gasteiger partial charge in [-0.1, -0.05) is 36.4 Å². The van der Waals surface area contributed by atoms with Crippen molar-refractivity contribution in [2.75, 3.05) is 14.2 Å². The van der Waals surface area contributed by atoms with Gasteiger partial charge in [0.1, 0.15) is 17.0 Å². The topological polar surface area (TPSA) is 102 Å². The van der Waals surface area contributed by atoms with Gasteiger partial charge in [0, 0.05) is 19.5 Å². The molecule has 3 rings (SSSR count). The first-order valence-electron chi connectivity index (χ1n) is 8.94. The molecule has 0 saturated carbocycles. The zero-order valence-corrected chi connectivity index (χ0v) is 16.3. The second kappa shape index (κ2) is 7.75. The summed E-state index contributed by atoms with van der Waals surface area (Å²) in [6.07, 6.45) is 1.64. The first kappa shape index (κ1) is 20.1. The summed E-state index contributed by atoms with van der Waals surface area (Å²) in [6.45, 7) is 1.67. The Balaban J connectivity index is 2.00. The van der Waals surface area contributed by atoms with E-state index in [0.29, 0.717) is 6.42 Å². The van der Waals surface area contributed by atoms with Crippen molar-refractivity contribution in [1.82, 2.24) is 10.2 Å². The number of methoxy groups -OCH3 is 1. The van der Waals surface area contributed by atoms with E-state index in [1.807, 2.05) is 30.3 Å². The lowest BCUT2D eigenvalue weighted by atomic mass is 9.88. The molecule has 1 unspecified atom stereocenters. The van der Waals surface area contributed by atoms with Gasteiger partial charge in [0.25, 0.3) is 17.5 Å². The molecule has 1 N–H and O–H groups in total. The zero-order chi connectivity index (χ0) is 21.2. The number of likely N-dealkylation sites (N-methyl/N-ethyl adjacent to an activating group) is 1. The van der Waals surface area contributed by atoms with E-state index < -0.39 is 16.4 Å². The SMILES string of the molecule is COc1cccc([N+](=O)[O-])c1/C=C1\C(=O)NC(C)(Cc2ccccc2)C(=O)N1C. The molecular weight excluding hydrogens is 374 g/mol. The van der Waals surface area contributed by atoms with Crippen LogP contribution in [0.5, 0.6) is 5.75 Å². The number of hydrogen-bond donors (Lipinski definition) is 1. The van der Waals surface area contributed by atoms with Gasteiger partial charge in [-0.25, -0.2) is 0 Å². The molecule has 2 amide bonds. The van der Waals surface area contributed by atoms with Crippen LogP contribution < -0.4 is 10.1 Å². The maximum absolute atomic E-state index is 13.1. The molecule has 1 fully saturated rings. The van der Waals surface area contributed by atoms with Gasteiger partial charge in [0.05, 0.1) is 17.6 Å². The lowest BCUT2D eigenvalue weighted by Crippen LogP contribution is -2.64. The van der Waals surface area contributed by atoms with E-state index in [0.717, 1.165) is 5.56 Å². The molecule has 1 saturated heterocycles. The third kappa shape index (κ3) is 3.82. The lowest BCUT2D eigenvalue weighted by molar-refractivity contribution is -0.385. The first-order chi connectivity index (χ1) is 13.8. The predicted molar refractivity (Wildman–Crippen MR) is 107 cm³/mol. The highest BCUT2D eigenvalue weighted by Gasteiger charge is 2.44. The van der Waals surface area contributed by atoms with Crippen LogP contribution >= 0.6 is 0 Å².